The lowest BCUT2D eigenvalue weighted by molar-refractivity contribution is -0.386. The van der Waals surface area contributed by atoms with E-state index in [0.29, 0.717) is 19.3 Å². The lowest BCUT2D eigenvalue weighted by atomic mass is 9.88. The van der Waals surface area contributed by atoms with Crippen molar-refractivity contribution in [2.45, 2.75) is 503 Å². The Bertz CT molecular complexity index is 2330. The summed E-state index contributed by atoms with van der Waals surface area (Å²) in [6.45, 7) is 2.28. The number of hydrogen-bond donors (Lipinski definition) is 14. The van der Waals surface area contributed by atoms with Crippen molar-refractivity contribution in [1.82, 2.24) is 10.6 Å². The second-order valence-electron chi connectivity index (χ2n) is 33.5. The Kier molecular flexibility index (Phi) is 62.8. The first-order valence-corrected chi connectivity index (χ1v) is 46.2. The number of carbonyl (C=O) groups excluding carboxylic acids is 2. The van der Waals surface area contributed by atoms with Crippen LogP contribution in [0.1, 0.15) is 393 Å². The molecule has 664 valence electrons. The fourth-order valence-electron chi connectivity index (χ4n) is 16.2. The highest BCUT2D eigenvalue weighted by Gasteiger charge is 2.60. The van der Waals surface area contributed by atoms with Gasteiger partial charge >= 0.3 is 5.97 Å². The molecule has 18 unspecified atom stereocenters. The molecule has 0 aliphatic carbocycles. The summed E-state index contributed by atoms with van der Waals surface area (Å²) in [5, 5.41) is 137. The number of aliphatic carboxylic acids is 1. The highest BCUT2D eigenvalue weighted by molar-refractivity contribution is 5.77. The third-order valence-electron chi connectivity index (χ3n) is 23.4. The summed E-state index contributed by atoms with van der Waals surface area (Å²) in [7, 11) is 0. The average molecular weight is 1610 g/mol. The molecule has 0 spiro atoms. The number of nitrogens with one attached hydrogen (secondary N) is 2. The van der Waals surface area contributed by atoms with Gasteiger partial charge in [0, 0.05) is 19.8 Å². The maximum atomic E-state index is 13.6. The zero-order valence-electron chi connectivity index (χ0n) is 71.0. The van der Waals surface area contributed by atoms with Gasteiger partial charge in [0.05, 0.1) is 50.7 Å². The van der Waals surface area contributed by atoms with Crippen LogP contribution < -0.4 is 10.6 Å². The Morgan fingerprint density at radius 2 is 0.850 bits per heavy atom. The van der Waals surface area contributed by atoms with Gasteiger partial charge in [-0.3, -0.25) is 9.59 Å². The monoisotopic (exact) mass is 1610 g/mol. The molecule has 3 fully saturated rings. The van der Waals surface area contributed by atoms with Crippen LogP contribution >= 0.6 is 0 Å². The van der Waals surface area contributed by atoms with Gasteiger partial charge in [0.15, 0.2) is 12.6 Å². The molecule has 3 heterocycles. The van der Waals surface area contributed by atoms with Crippen molar-refractivity contribution in [3.05, 3.63) is 24.3 Å². The van der Waals surface area contributed by atoms with E-state index in [-0.39, 0.29) is 18.9 Å². The van der Waals surface area contributed by atoms with E-state index in [2.05, 4.69) is 48.8 Å². The number of carboxylic acids is 1. The number of rotatable bonds is 75. The Labute approximate surface area is 683 Å². The Morgan fingerprint density at radius 1 is 0.460 bits per heavy atom. The van der Waals surface area contributed by atoms with Crippen LogP contribution in [0.15, 0.2) is 24.3 Å². The number of amides is 2. The van der Waals surface area contributed by atoms with Crippen LogP contribution in [-0.4, -0.2) is 215 Å². The van der Waals surface area contributed by atoms with E-state index >= 15 is 0 Å². The van der Waals surface area contributed by atoms with Crippen molar-refractivity contribution >= 4 is 17.8 Å². The van der Waals surface area contributed by atoms with E-state index in [4.69, 9.17) is 28.4 Å². The molecule has 23 heteroatoms. The molecule has 14 N–H and O–H groups in total. The minimum Gasteiger partial charge on any atom is -0.477 e. The Balaban J connectivity index is 1.43. The summed E-state index contributed by atoms with van der Waals surface area (Å²) in [4.78, 5) is 38.8. The third-order valence-corrected chi connectivity index (χ3v) is 23.4. The smallest absolute Gasteiger partial charge is 0.364 e. The van der Waals surface area contributed by atoms with Gasteiger partial charge in [0.2, 0.25) is 11.8 Å². The summed E-state index contributed by atoms with van der Waals surface area (Å²) >= 11 is 0. The molecule has 0 aromatic rings. The topological polar surface area (TPSA) is 373 Å². The molecule has 0 bridgehead atoms. The van der Waals surface area contributed by atoms with Gasteiger partial charge in [-0.15, -0.1) is 0 Å². The fraction of sp³-hybridized carbons (Fsp3) is 0.922. The predicted octanol–water partition coefficient (Wildman–Crippen LogP) is 15.0. The van der Waals surface area contributed by atoms with Gasteiger partial charge in [-0.2, -0.15) is 0 Å². The van der Waals surface area contributed by atoms with Crippen molar-refractivity contribution in [1.29, 1.82) is 0 Å². The lowest BCUT2D eigenvalue weighted by Gasteiger charge is -2.50. The molecule has 2 amide bonds. The van der Waals surface area contributed by atoms with Gasteiger partial charge in [-0.25, -0.2) is 4.79 Å². The zero-order chi connectivity index (χ0) is 82.4. The molecule has 0 aromatic carbocycles. The molecule has 3 rings (SSSR count). The molecule has 3 aliphatic heterocycles. The molecular formula is C90H168N2O21. The molecule has 3 aliphatic rings. The first kappa shape index (κ1) is 104. The number of hydrogen-bond acceptors (Lipinski definition) is 20. The van der Waals surface area contributed by atoms with Crippen LogP contribution in [0, 0.1) is 0 Å². The number of unbranched alkanes of at least 4 members (excludes halogenated alkanes) is 51. The first-order chi connectivity index (χ1) is 54.9. The normalized spacial score (nSPS) is 25.3. The van der Waals surface area contributed by atoms with E-state index < -0.39 is 148 Å². The maximum Gasteiger partial charge on any atom is 0.364 e. The summed E-state index contributed by atoms with van der Waals surface area (Å²) in [6.07, 6.45) is 50.4. The number of aliphatic hydroxyl groups is 11. The lowest BCUT2D eigenvalue weighted by Crippen LogP contribution is -2.70. The summed E-state index contributed by atoms with van der Waals surface area (Å²) in [5.41, 5.74) is 0. The number of carbonyl (C=O) groups is 3. The number of carboxylic acid groups (broad SMARTS) is 1. The second kappa shape index (κ2) is 67.9. The summed E-state index contributed by atoms with van der Waals surface area (Å²) < 4.78 is 35.1. The predicted molar refractivity (Wildman–Crippen MR) is 445 cm³/mol. The van der Waals surface area contributed by atoms with E-state index in [1.165, 1.54) is 283 Å². The third kappa shape index (κ3) is 46.6. The van der Waals surface area contributed by atoms with E-state index in [9.17, 15) is 75.7 Å². The van der Waals surface area contributed by atoms with Crippen LogP contribution in [0.4, 0.5) is 0 Å². The zero-order valence-corrected chi connectivity index (χ0v) is 71.0. The largest absolute Gasteiger partial charge is 0.477 e. The van der Waals surface area contributed by atoms with Crippen molar-refractivity contribution in [2.75, 3.05) is 26.4 Å². The molecule has 18 atom stereocenters. The second-order valence-corrected chi connectivity index (χ2v) is 33.5. The van der Waals surface area contributed by atoms with Crippen LogP contribution in [0.25, 0.3) is 0 Å². The number of aliphatic hydroxyl groups excluding tert-OH is 11. The van der Waals surface area contributed by atoms with Crippen molar-refractivity contribution in [2.24, 2.45) is 0 Å². The van der Waals surface area contributed by atoms with E-state index in [1.54, 1.807) is 0 Å². The van der Waals surface area contributed by atoms with Crippen LogP contribution in [0.3, 0.4) is 0 Å². The minimum atomic E-state index is -3.08. The van der Waals surface area contributed by atoms with Gasteiger partial charge in [-0.1, -0.05) is 353 Å². The van der Waals surface area contributed by atoms with E-state index in [1.807, 2.05) is 0 Å². The van der Waals surface area contributed by atoms with Crippen LogP contribution in [0.5, 0.6) is 0 Å². The fourth-order valence-corrected chi connectivity index (χ4v) is 16.2. The molecule has 0 radical (unpaired) electrons. The van der Waals surface area contributed by atoms with Gasteiger partial charge in [-0.05, 0) is 44.9 Å². The average Bonchev–Trinajstić information content (AvgIpc) is 0.752. The van der Waals surface area contributed by atoms with E-state index in [0.717, 1.165) is 64.7 Å². The maximum absolute atomic E-state index is 13.6. The summed E-state index contributed by atoms with van der Waals surface area (Å²) in [6, 6.07) is -2.53. The van der Waals surface area contributed by atoms with Gasteiger partial charge < -0.3 is 100 Å². The van der Waals surface area contributed by atoms with Crippen molar-refractivity contribution < 1.29 is 104 Å². The number of ether oxygens (including phenoxy) is 6. The molecule has 23 nitrogen and oxygen atoms in total. The minimum absolute atomic E-state index is 0.226. The Morgan fingerprint density at radius 3 is 1.24 bits per heavy atom. The summed E-state index contributed by atoms with van der Waals surface area (Å²) in [5.74, 6) is -6.09. The number of allylic oxidation sites excluding steroid dienone is 4. The van der Waals surface area contributed by atoms with Crippen molar-refractivity contribution in [3.8, 4) is 0 Å². The molecule has 113 heavy (non-hydrogen) atoms. The quantitative estimate of drug-likeness (QED) is 0.0199. The molecule has 3 saturated heterocycles. The van der Waals surface area contributed by atoms with Gasteiger partial charge in [0.1, 0.15) is 67.1 Å². The standard InChI is InChI=1S/C90H168N2O21/c1-4-6-8-10-12-14-16-18-20-22-24-26-28-30-31-32-33-34-35-36-37-38-39-40-42-44-46-48-50-52-54-56-58-60-62-64-77(100)92-71(72(97)63-61-59-57-55-53-51-49-47-45-43-41-29-27-25-23-21-19-17-15-13-11-9-7-5-2)69-108-87-82(104)81(103)84(76(68-95)110-87)111-88-83(105)86(80(102)75(67-94)109-88)113-90(89(106)107)65-73(98)78(91-70(3)96)85(112-90)79(101)74(99)66-93/h28,30,32-33,71-76,78-88,93-95,97-99,101-105H,4-27,29,31,34-69H2,1-3H3,(H,91,96)(H,92,100)(H,106,107)/b30-28-,33-32-. The molecule has 0 aromatic heterocycles. The molecular weight excluding hydrogens is 1440 g/mol. The highest BCUT2D eigenvalue weighted by Crippen LogP contribution is 2.39. The Hall–Kier alpha value is -2.79. The van der Waals surface area contributed by atoms with Crippen LogP contribution in [-0.2, 0) is 42.8 Å². The highest BCUT2D eigenvalue weighted by atomic mass is 16.8. The van der Waals surface area contributed by atoms with Crippen molar-refractivity contribution in [3.63, 3.8) is 0 Å². The van der Waals surface area contributed by atoms with Crippen LogP contribution in [0.2, 0.25) is 0 Å². The SMILES string of the molecule is CCCCCCCCCCCCC/C=C\C/C=C\CCCCCCCCCCCCCCCCCCCC(=O)NC(COC1OC(CO)C(OC2OC(CO)C(O)C(OC3(C(=O)O)CC(O)C(NC(C)=O)C(C(O)C(O)CO)O3)C2O)C(O)C1O)C(O)CCCCCCCCCCCCCCCCCCCCCCCCCC. The van der Waals surface area contributed by atoms with Gasteiger partial charge in [0.25, 0.3) is 5.79 Å². The molecule has 0 saturated carbocycles. The first-order valence-electron chi connectivity index (χ1n) is 46.2.